The molecule has 0 saturated carbocycles. The molecule has 3 N–H and O–H groups in total. The number of thioether (sulfide) groups is 1. The van der Waals surface area contributed by atoms with Crippen molar-refractivity contribution >= 4 is 35.9 Å². The van der Waals surface area contributed by atoms with Crippen LogP contribution in [0.15, 0.2) is 30.5 Å². The third-order valence-corrected chi connectivity index (χ3v) is 4.29. The van der Waals surface area contributed by atoms with Gasteiger partial charge in [-0.05, 0) is 37.8 Å². The van der Waals surface area contributed by atoms with Crippen molar-refractivity contribution < 1.29 is 4.79 Å². The Hall–Kier alpha value is -1.50. The van der Waals surface area contributed by atoms with E-state index in [1.165, 1.54) is 5.56 Å². The number of nitrogens with one attached hydrogen (secondary N) is 1. The minimum Gasteiger partial charge on any atom is -0.320 e. The van der Waals surface area contributed by atoms with Gasteiger partial charge < -0.3 is 11.1 Å². The first-order chi connectivity index (χ1) is 11.0. The number of hydrogen-bond acceptors (Lipinski definition) is 4. The fourth-order valence-electron chi connectivity index (χ4n) is 2.33. The normalized spacial score (nSPS) is 11.7. The van der Waals surface area contributed by atoms with Crippen molar-refractivity contribution in [3.63, 3.8) is 0 Å². The number of nitrogens with zero attached hydrogens (tertiary/aromatic N) is 2. The van der Waals surface area contributed by atoms with Crippen molar-refractivity contribution in [2.45, 2.75) is 32.9 Å². The molecule has 0 spiro atoms. The van der Waals surface area contributed by atoms with Crippen LogP contribution in [0.1, 0.15) is 23.1 Å². The van der Waals surface area contributed by atoms with E-state index in [0.717, 1.165) is 22.7 Å². The number of anilines is 1. The Bertz CT molecular complexity index is 674. The van der Waals surface area contributed by atoms with E-state index in [2.05, 4.69) is 35.5 Å². The lowest BCUT2D eigenvalue weighted by Crippen LogP contribution is -2.36. The minimum absolute atomic E-state index is 0. The molecule has 0 unspecified atom stereocenters. The fraction of sp³-hybridized carbons (Fsp3) is 0.412. The van der Waals surface area contributed by atoms with Crippen molar-refractivity contribution in [1.29, 1.82) is 0 Å². The molecule has 0 aliphatic carbocycles. The van der Waals surface area contributed by atoms with E-state index in [1.54, 1.807) is 18.0 Å². The summed E-state index contributed by atoms with van der Waals surface area (Å²) in [6.45, 7) is 4.61. The lowest BCUT2D eigenvalue weighted by atomic mass is 10.1. The molecule has 0 aliphatic rings. The molecule has 5 nitrogen and oxygen atoms in total. The van der Waals surface area contributed by atoms with Gasteiger partial charge in [0.05, 0.1) is 18.8 Å². The van der Waals surface area contributed by atoms with Crippen LogP contribution in [0.25, 0.3) is 0 Å². The van der Waals surface area contributed by atoms with E-state index < -0.39 is 6.04 Å². The predicted molar refractivity (Wildman–Crippen MR) is 104 cm³/mol. The van der Waals surface area contributed by atoms with Crippen LogP contribution in [0.3, 0.4) is 0 Å². The summed E-state index contributed by atoms with van der Waals surface area (Å²) >= 11 is 1.69. The Balaban J connectivity index is 0.00000288. The van der Waals surface area contributed by atoms with Crippen LogP contribution < -0.4 is 11.1 Å². The zero-order chi connectivity index (χ0) is 16.8. The third kappa shape index (κ3) is 5.54. The molecule has 1 amide bonds. The summed E-state index contributed by atoms with van der Waals surface area (Å²) in [7, 11) is 0. The highest BCUT2D eigenvalue weighted by Gasteiger charge is 2.17. The highest BCUT2D eigenvalue weighted by atomic mass is 35.5. The topological polar surface area (TPSA) is 72.9 Å². The second kappa shape index (κ2) is 9.71. The number of carbonyl (C=O) groups is 1. The predicted octanol–water partition coefficient (Wildman–Crippen LogP) is 2.99. The number of rotatable bonds is 7. The molecule has 2 rings (SSSR count). The summed E-state index contributed by atoms with van der Waals surface area (Å²) in [5.74, 6) is 1.43. The quantitative estimate of drug-likeness (QED) is 0.788. The summed E-state index contributed by atoms with van der Waals surface area (Å²) in [5, 5.41) is 7.30. The molecule has 0 aliphatic heterocycles. The Morgan fingerprint density at radius 1 is 1.42 bits per heavy atom. The Labute approximate surface area is 153 Å². The van der Waals surface area contributed by atoms with Gasteiger partial charge in [0.2, 0.25) is 5.91 Å². The molecule has 0 radical (unpaired) electrons. The van der Waals surface area contributed by atoms with Crippen molar-refractivity contribution in [2.75, 3.05) is 17.3 Å². The Morgan fingerprint density at radius 3 is 2.83 bits per heavy atom. The zero-order valence-corrected chi connectivity index (χ0v) is 15.9. The molecule has 2 aromatic rings. The van der Waals surface area contributed by atoms with Gasteiger partial charge in [-0.15, -0.1) is 12.4 Å². The van der Waals surface area contributed by atoms with Crippen LogP contribution in [0.5, 0.6) is 0 Å². The summed E-state index contributed by atoms with van der Waals surface area (Å²) in [6, 6.07) is 7.76. The first-order valence-corrected chi connectivity index (χ1v) is 9.04. The molecule has 1 aromatic heterocycles. The largest absolute Gasteiger partial charge is 0.320 e. The molecule has 24 heavy (non-hydrogen) atoms. The van der Waals surface area contributed by atoms with Gasteiger partial charge in [-0.25, -0.2) is 4.68 Å². The second-order valence-corrected chi connectivity index (χ2v) is 6.69. The van der Waals surface area contributed by atoms with Gasteiger partial charge in [0.15, 0.2) is 0 Å². The zero-order valence-electron chi connectivity index (χ0n) is 14.3. The molecule has 0 bridgehead atoms. The summed E-state index contributed by atoms with van der Waals surface area (Å²) in [6.07, 6.45) is 4.43. The molecular formula is C17H25ClN4OS. The van der Waals surface area contributed by atoms with Gasteiger partial charge in [-0.2, -0.15) is 16.9 Å². The molecule has 1 heterocycles. The van der Waals surface area contributed by atoms with Crippen LogP contribution in [0.2, 0.25) is 0 Å². The van der Waals surface area contributed by atoms with Gasteiger partial charge in [0, 0.05) is 5.56 Å². The second-order valence-electron chi connectivity index (χ2n) is 5.70. The minimum atomic E-state index is -0.496. The third-order valence-electron chi connectivity index (χ3n) is 3.65. The fourth-order valence-corrected chi connectivity index (χ4v) is 2.82. The van der Waals surface area contributed by atoms with E-state index in [0.29, 0.717) is 13.0 Å². The highest BCUT2D eigenvalue weighted by molar-refractivity contribution is 7.98. The number of carbonyl (C=O) groups excluding carboxylic acids is 1. The molecule has 132 valence electrons. The van der Waals surface area contributed by atoms with E-state index in [9.17, 15) is 4.79 Å². The van der Waals surface area contributed by atoms with Crippen molar-refractivity contribution in [3.05, 3.63) is 47.2 Å². The van der Waals surface area contributed by atoms with Crippen molar-refractivity contribution in [1.82, 2.24) is 9.78 Å². The lowest BCUT2D eigenvalue weighted by Gasteiger charge is -2.14. The number of amides is 1. The number of aromatic nitrogens is 2. The number of nitrogens with two attached hydrogens (primary N) is 1. The van der Waals surface area contributed by atoms with Crippen LogP contribution >= 0.6 is 24.2 Å². The molecule has 7 heteroatoms. The van der Waals surface area contributed by atoms with Crippen LogP contribution in [0.4, 0.5) is 5.82 Å². The van der Waals surface area contributed by atoms with Gasteiger partial charge in [-0.3, -0.25) is 4.79 Å². The molecule has 0 saturated heterocycles. The monoisotopic (exact) mass is 368 g/mol. The first-order valence-electron chi connectivity index (χ1n) is 7.64. The van der Waals surface area contributed by atoms with Gasteiger partial charge in [-0.1, -0.05) is 29.8 Å². The van der Waals surface area contributed by atoms with Gasteiger partial charge in [0.1, 0.15) is 5.82 Å². The molecule has 1 atom stereocenters. The van der Waals surface area contributed by atoms with Crippen molar-refractivity contribution in [3.8, 4) is 0 Å². The van der Waals surface area contributed by atoms with Gasteiger partial charge in [0.25, 0.3) is 0 Å². The average Bonchev–Trinajstić information content (AvgIpc) is 2.85. The SMILES string of the molecule is CSCC[C@H](N)C(=O)Nc1c(C)cnn1Cc1cccc(C)c1.Cl. The van der Waals surface area contributed by atoms with Crippen LogP contribution in [-0.4, -0.2) is 33.7 Å². The maximum atomic E-state index is 12.2. The highest BCUT2D eigenvalue weighted by Crippen LogP contribution is 2.17. The van der Waals surface area contributed by atoms with E-state index in [1.807, 2.05) is 23.9 Å². The Morgan fingerprint density at radius 2 is 2.17 bits per heavy atom. The number of hydrogen-bond donors (Lipinski definition) is 2. The average molecular weight is 369 g/mol. The maximum Gasteiger partial charge on any atom is 0.242 e. The summed E-state index contributed by atoms with van der Waals surface area (Å²) in [5.41, 5.74) is 9.22. The van der Waals surface area contributed by atoms with E-state index in [-0.39, 0.29) is 18.3 Å². The lowest BCUT2D eigenvalue weighted by molar-refractivity contribution is -0.117. The number of halogens is 1. The Kier molecular flexibility index (Phi) is 8.31. The summed E-state index contributed by atoms with van der Waals surface area (Å²) < 4.78 is 1.81. The summed E-state index contributed by atoms with van der Waals surface area (Å²) in [4.78, 5) is 12.2. The van der Waals surface area contributed by atoms with Crippen molar-refractivity contribution in [2.24, 2.45) is 5.73 Å². The molecule has 1 aromatic carbocycles. The van der Waals surface area contributed by atoms with Crippen LogP contribution in [-0.2, 0) is 11.3 Å². The maximum absolute atomic E-state index is 12.2. The number of benzene rings is 1. The first kappa shape index (κ1) is 20.5. The molecule has 0 fully saturated rings. The van der Waals surface area contributed by atoms with Crippen LogP contribution in [0, 0.1) is 13.8 Å². The van der Waals surface area contributed by atoms with Gasteiger partial charge >= 0.3 is 0 Å². The smallest absolute Gasteiger partial charge is 0.242 e. The van der Waals surface area contributed by atoms with E-state index in [4.69, 9.17) is 5.73 Å². The number of aryl methyl sites for hydroxylation is 2. The van der Waals surface area contributed by atoms with E-state index >= 15 is 0 Å². The standard InChI is InChI=1S/C17H24N4OS.ClH/c1-12-5-4-6-14(9-12)11-21-16(13(2)10-19-21)20-17(22)15(18)7-8-23-3;/h4-6,9-10,15H,7-8,11,18H2,1-3H3,(H,20,22);1H/t15-;/m0./s1. The molecular weight excluding hydrogens is 344 g/mol.